The predicted octanol–water partition coefficient (Wildman–Crippen LogP) is 1.12. The summed E-state index contributed by atoms with van der Waals surface area (Å²) in [7, 11) is -3.91. The Labute approximate surface area is 128 Å². The zero-order chi connectivity index (χ0) is 16.2. The van der Waals surface area contributed by atoms with Crippen LogP contribution in [0.2, 0.25) is 0 Å². The lowest BCUT2D eigenvalue weighted by Gasteiger charge is -2.06. The molecule has 0 atom stereocenters. The summed E-state index contributed by atoms with van der Waals surface area (Å²) in [6.07, 6.45) is 1.66. The van der Waals surface area contributed by atoms with E-state index < -0.39 is 16.1 Å². The van der Waals surface area contributed by atoms with Crippen molar-refractivity contribution in [3.8, 4) is 5.69 Å². The molecule has 9 heteroatoms. The first kappa shape index (κ1) is 16.0. The molecule has 2 aromatic rings. The van der Waals surface area contributed by atoms with Crippen LogP contribution in [0, 0.1) is 6.92 Å². The topological polar surface area (TPSA) is 102 Å². The van der Waals surface area contributed by atoms with Crippen molar-refractivity contribution in [3.63, 3.8) is 0 Å². The highest BCUT2D eigenvalue weighted by atomic mass is 32.2. The first-order valence-corrected chi connectivity index (χ1v) is 7.97. The molecule has 2 N–H and O–H groups in total. The maximum Gasteiger partial charge on any atom is 0.422 e. The average Bonchev–Trinajstić information content (AvgIpc) is 2.97. The molecule has 22 heavy (non-hydrogen) atoms. The Kier molecular flexibility index (Phi) is 4.78. The van der Waals surface area contributed by atoms with E-state index in [0.29, 0.717) is 0 Å². The summed E-state index contributed by atoms with van der Waals surface area (Å²) < 4.78 is 30.0. The molecule has 0 bridgehead atoms. The molecular weight excluding hydrogens is 308 g/mol. The molecule has 0 aliphatic rings. The molecule has 1 aromatic heterocycles. The van der Waals surface area contributed by atoms with Gasteiger partial charge in [-0.25, -0.2) is 23.3 Å². The summed E-state index contributed by atoms with van der Waals surface area (Å²) in [5, 5.41) is 4.00. The van der Waals surface area contributed by atoms with E-state index in [0.717, 1.165) is 11.3 Å². The molecule has 1 aromatic carbocycles. The summed E-state index contributed by atoms with van der Waals surface area (Å²) in [5.41, 5.74) is 3.76. The van der Waals surface area contributed by atoms with Crippen LogP contribution in [0.25, 0.3) is 5.69 Å². The lowest BCUT2D eigenvalue weighted by molar-refractivity contribution is 0.150. The Morgan fingerprint density at radius 1 is 1.32 bits per heavy atom. The van der Waals surface area contributed by atoms with E-state index in [-0.39, 0.29) is 11.5 Å². The fraction of sp³-hybridized carbons (Fsp3) is 0.231. The highest BCUT2D eigenvalue weighted by molar-refractivity contribution is 7.89. The third-order valence-electron chi connectivity index (χ3n) is 2.73. The highest BCUT2D eigenvalue weighted by Gasteiger charge is 2.18. The second-order valence-electron chi connectivity index (χ2n) is 4.41. The number of aryl methyl sites for hydroxylation is 1. The van der Waals surface area contributed by atoms with Gasteiger partial charge in [0, 0.05) is 0 Å². The van der Waals surface area contributed by atoms with Crippen molar-refractivity contribution in [2.75, 3.05) is 6.61 Å². The standard InChI is InChI=1S/C13H16N4O4S/c1-3-21-13(18)15-16-22(19,20)12-8-14-17(9-12)11-6-4-10(2)5-7-11/h4-9,16H,3H2,1-2H3,(H,15,18). The molecule has 0 spiro atoms. The van der Waals surface area contributed by atoms with Gasteiger partial charge in [0.25, 0.3) is 10.0 Å². The number of carbonyl (C=O) groups is 1. The van der Waals surface area contributed by atoms with E-state index >= 15 is 0 Å². The number of sulfonamides is 1. The second-order valence-corrected chi connectivity index (χ2v) is 6.09. The third kappa shape index (κ3) is 3.83. The first-order chi connectivity index (χ1) is 10.4. The minimum absolute atomic E-state index is 0.0788. The van der Waals surface area contributed by atoms with Gasteiger partial charge in [0.1, 0.15) is 4.90 Å². The molecule has 0 aliphatic heterocycles. The van der Waals surface area contributed by atoms with E-state index in [2.05, 4.69) is 9.84 Å². The zero-order valence-corrected chi connectivity index (χ0v) is 12.9. The first-order valence-electron chi connectivity index (χ1n) is 6.48. The van der Waals surface area contributed by atoms with Crippen molar-refractivity contribution >= 4 is 16.1 Å². The number of nitrogens with zero attached hydrogens (tertiary/aromatic N) is 2. The van der Waals surface area contributed by atoms with Gasteiger partial charge in [0.05, 0.1) is 24.7 Å². The largest absolute Gasteiger partial charge is 0.449 e. The zero-order valence-electron chi connectivity index (χ0n) is 12.1. The maximum atomic E-state index is 12.0. The van der Waals surface area contributed by atoms with Crippen LogP contribution in [0.3, 0.4) is 0 Å². The number of benzene rings is 1. The Morgan fingerprint density at radius 2 is 2.00 bits per heavy atom. The van der Waals surface area contributed by atoms with Crippen molar-refractivity contribution in [1.29, 1.82) is 0 Å². The number of hydrogen-bond donors (Lipinski definition) is 2. The van der Waals surface area contributed by atoms with E-state index in [1.165, 1.54) is 17.1 Å². The molecule has 0 fully saturated rings. The lowest BCUT2D eigenvalue weighted by atomic mass is 10.2. The van der Waals surface area contributed by atoms with Crippen LogP contribution in [-0.2, 0) is 14.8 Å². The molecule has 0 radical (unpaired) electrons. The van der Waals surface area contributed by atoms with Gasteiger partial charge in [0.2, 0.25) is 0 Å². The summed E-state index contributed by atoms with van der Waals surface area (Å²) in [6, 6.07) is 7.43. The van der Waals surface area contributed by atoms with Crippen LogP contribution >= 0.6 is 0 Å². The number of nitrogens with one attached hydrogen (secondary N) is 2. The summed E-state index contributed by atoms with van der Waals surface area (Å²) in [6.45, 7) is 3.70. The van der Waals surface area contributed by atoms with Gasteiger partial charge in [-0.3, -0.25) is 0 Å². The SMILES string of the molecule is CCOC(=O)NNS(=O)(=O)c1cnn(-c2ccc(C)cc2)c1. The van der Waals surface area contributed by atoms with Crippen LogP contribution in [0.15, 0.2) is 41.6 Å². The Morgan fingerprint density at radius 3 is 2.64 bits per heavy atom. The molecule has 0 saturated carbocycles. The maximum absolute atomic E-state index is 12.0. The van der Waals surface area contributed by atoms with Gasteiger partial charge in [0.15, 0.2) is 0 Å². The van der Waals surface area contributed by atoms with Crippen molar-refractivity contribution in [3.05, 3.63) is 42.2 Å². The van der Waals surface area contributed by atoms with E-state index in [1.807, 2.05) is 41.4 Å². The molecule has 0 aliphatic carbocycles. The number of carbonyl (C=O) groups excluding carboxylic acids is 1. The molecular formula is C13H16N4O4S. The number of rotatable bonds is 5. The van der Waals surface area contributed by atoms with E-state index in [1.54, 1.807) is 6.92 Å². The van der Waals surface area contributed by atoms with Gasteiger partial charge in [-0.15, -0.1) is 4.83 Å². The molecule has 1 amide bonds. The summed E-state index contributed by atoms with van der Waals surface area (Å²) >= 11 is 0. The summed E-state index contributed by atoms with van der Waals surface area (Å²) in [4.78, 5) is 12.9. The molecule has 2 rings (SSSR count). The van der Waals surface area contributed by atoms with Crippen LogP contribution in [-0.4, -0.2) is 30.9 Å². The highest BCUT2D eigenvalue weighted by Crippen LogP contribution is 2.12. The Hall–Kier alpha value is -2.39. The van der Waals surface area contributed by atoms with Crippen LogP contribution < -0.4 is 10.3 Å². The molecule has 1 heterocycles. The van der Waals surface area contributed by atoms with Crippen LogP contribution in [0.4, 0.5) is 4.79 Å². The number of aromatic nitrogens is 2. The average molecular weight is 324 g/mol. The Bertz CT molecular complexity index is 753. The minimum Gasteiger partial charge on any atom is -0.449 e. The minimum atomic E-state index is -3.91. The fourth-order valence-electron chi connectivity index (χ4n) is 1.62. The number of hydrazine groups is 1. The smallest absolute Gasteiger partial charge is 0.422 e. The molecule has 0 unspecified atom stereocenters. The van der Waals surface area contributed by atoms with Gasteiger partial charge in [-0.1, -0.05) is 17.7 Å². The second kappa shape index (κ2) is 6.58. The quantitative estimate of drug-likeness (QED) is 0.802. The lowest BCUT2D eigenvalue weighted by Crippen LogP contribution is -2.41. The third-order valence-corrected chi connectivity index (χ3v) is 3.93. The van der Waals surface area contributed by atoms with Crippen LogP contribution in [0.5, 0.6) is 0 Å². The van der Waals surface area contributed by atoms with E-state index in [9.17, 15) is 13.2 Å². The monoisotopic (exact) mass is 324 g/mol. The summed E-state index contributed by atoms with van der Waals surface area (Å²) in [5.74, 6) is 0. The number of hydrogen-bond acceptors (Lipinski definition) is 5. The van der Waals surface area contributed by atoms with E-state index in [4.69, 9.17) is 0 Å². The molecule has 8 nitrogen and oxygen atoms in total. The van der Waals surface area contributed by atoms with Crippen molar-refractivity contribution in [2.24, 2.45) is 0 Å². The van der Waals surface area contributed by atoms with Crippen molar-refractivity contribution in [1.82, 2.24) is 20.0 Å². The molecule has 118 valence electrons. The van der Waals surface area contributed by atoms with Gasteiger partial charge < -0.3 is 4.74 Å². The van der Waals surface area contributed by atoms with Gasteiger partial charge >= 0.3 is 6.09 Å². The van der Waals surface area contributed by atoms with Gasteiger partial charge in [-0.2, -0.15) is 5.10 Å². The molecule has 0 saturated heterocycles. The predicted molar refractivity (Wildman–Crippen MR) is 78.8 cm³/mol. The number of amides is 1. The van der Waals surface area contributed by atoms with Crippen LogP contribution in [0.1, 0.15) is 12.5 Å². The number of ether oxygens (including phenoxy) is 1. The fourth-order valence-corrected chi connectivity index (χ4v) is 2.38. The normalized spacial score (nSPS) is 11.2. The van der Waals surface area contributed by atoms with Crippen molar-refractivity contribution < 1.29 is 17.9 Å². The van der Waals surface area contributed by atoms with Crippen molar-refractivity contribution in [2.45, 2.75) is 18.7 Å². The Balaban J connectivity index is 2.12. The van der Waals surface area contributed by atoms with Gasteiger partial charge in [-0.05, 0) is 26.0 Å².